The molecule has 0 fully saturated rings. The highest BCUT2D eigenvalue weighted by Crippen LogP contribution is 2.15. The molecule has 2 N–H and O–H groups in total. The second-order valence-corrected chi connectivity index (χ2v) is 5.68. The van der Waals surface area contributed by atoms with E-state index in [1.54, 1.807) is 30.3 Å². The van der Waals surface area contributed by atoms with Gasteiger partial charge in [-0.25, -0.2) is 4.39 Å². The Morgan fingerprint density at radius 2 is 1.42 bits per heavy atom. The molecule has 0 bridgehead atoms. The fourth-order valence-corrected chi connectivity index (χ4v) is 2.44. The molecule has 0 spiro atoms. The maximum atomic E-state index is 13.7. The summed E-state index contributed by atoms with van der Waals surface area (Å²) in [5.41, 5.74) is 1.72. The van der Waals surface area contributed by atoms with Crippen LogP contribution in [0.15, 0.2) is 78.9 Å². The van der Waals surface area contributed by atoms with Gasteiger partial charge in [-0.3, -0.25) is 9.59 Å². The Labute approximate surface area is 150 Å². The smallest absolute Gasteiger partial charge is 0.255 e. The first-order chi connectivity index (χ1) is 12.6. The molecule has 4 nitrogen and oxygen atoms in total. The summed E-state index contributed by atoms with van der Waals surface area (Å²) in [5, 5.41) is 5.31. The van der Waals surface area contributed by atoms with Crippen molar-refractivity contribution in [2.24, 2.45) is 0 Å². The number of nitrogens with one attached hydrogen (secondary N) is 2. The van der Waals surface area contributed by atoms with Crippen LogP contribution in [0.1, 0.15) is 26.3 Å². The van der Waals surface area contributed by atoms with Crippen molar-refractivity contribution in [1.82, 2.24) is 5.32 Å². The molecule has 3 rings (SSSR count). The van der Waals surface area contributed by atoms with Gasteiger partial charge in [-0.1, -0.05) is 48.5 Å². The molecule has 3 aromatic rings. The van der Waals surface area contributed by atoms with Gasteiger partial charge in [0.25, 0.3) is 11.8 Å². The van der Waals surface area contributed by atoms with E-state index in [4.69, 9.17) is 0 Å². The fraction of sp³-hybridized carbons (Fsp3) is 0.0476. The van der Waals surface area contributed by atoms with Crippen LogP contribution in [0.3, 0.4) is 0 Å². The van der Waals surface area contributed by atoms with Gasteiger partial charge in [-0.15, -0.1) is 0 Å². The van der Waals surface area contributed by atoms with Crippen molar-refractivity contribution < 1.29 is 14.0 Å². The molecule has 0 saturated heterocycles. The molecular formula is C21H17FN2O2. The largest absolute Gasteiger partial charge is 0.348 e. The predicted octanol–water partition coefficient (Wildman–Crippen LogP) is 4.01. The lowest BCUT2D eigenvalue weighted by Crippen LogP contribution is -2.23. The number of anilines is 1. The van der Waals surface area contributed by atoms with Crippen LogP contribution >= 0.6 is 0 Å². The van der Waals surface area contributed by atoms with Crippen molar-refractivity contribution >= 4 is 17.5 Å². The van der Waals surface area contributed by atoms with Crippen molar-refractivity contribution in [3.05, 3.63) is 101 Å². The summed E-state index contributed by atoms with van der Waals surface area (Å²) >= 11 is 0. The lowest BCUT2D eigenvalue weighted by molar-refractivity contribution is 0.0951. The minimum absolute atomic E-state index is 0.0939. The second-order valence-electron chi connectivity index (χ2n) is 5.68. The first-order valence-corrected chi connectivity index (χ1v) is 8.11. The van der Waals surface area contributed by atoms with Gasteiger partial charge in [0.05, 0.1) is 5.69 Å². The highest BCUT2D eigenvalue weighted by molar-refractivity contribution is 6.06. The number of carbonyl (C=O) groups is 2. The summed E-state index contributed by atoms with van der Waals surface area (Å²) in [5.74, 6) is -1.28. The Balaban J connectivity index is 1.68. The molecule has 0 saturated carbocycles. The van der Waals surface area contributed by atoms with E-state index >= 15 is 0 Å². The van der Waals surface area contributed by atoms with Crippen LogP contribution in [-0.2, 0) is 6.54 Å². The van der Waals surface area contributed by atoms with Gasteiger partial charge in [-0.2, -0.15) is 0 Å². The standard InChI is InChI=1S/C21H17FN2O2/c22-18-11-4-5-12-19(18)24-21(26)17-10-6-9-16(13-17)20(25)23-14-15-7-2-1-3-8-15/h1-13H,14H2,(H,23,25)(H,24,26). The Hall–Kier alpha value is -3.47. The molecular weight excluding hydrogens is 331 g/mol. The summed E-state index contributed by atoms with van der Waals surface area (Å²) in [6.45, 7) is 0.394. The maximum Gasteiger partial charge on any atom is 0.255 e. The molecule has 0 aliphatic heterocycles. The van der Waals surface area contributed by atoms with Crippen LogP contribution < -0.4 is 10.6 Å². The lowest BCUT2D eigenvalue weighted by Gasteiger charge is -2.09. The van der Waals surface area contributed by atoms with E-state index in [1.807, 2.05) is 30.3 Å². The molecule has 26 heavy (non-hydrogen) atoms. The summed E-state index contributed by atoms with van der Waals surface area (Å²) < 4.78 is 13.7. The van der Waals surface area contributed by atoms with Gasteiger partial charge < -0.3 is 10.6 Å². The topological polar surface area (TPSA) is 58.2 Å². The average molecular weight is 348 g/mol. The van der Waals surface area contributed by atoms with Crippen LogP contribution in [0.25, 0.3) is 0 Å². The zero-order valence-corrected chi connectivity index (χ0v) is 13.9. The van der Waals surface area contributed by atoms with Crippen LogP contribution in [0.2, 0.25) is 0 Å². The van der Waals surface area contributed by atoms with Gasteiger partial charge in [-0.05, 0) is 35.9 Å². The number of hydrogen-bond acceptors (Lipinski definition) is 2. The van der Waals surface area contributed by atoms with E-state index < -0.39 is 11.7 Å². The Morgan fingerprint density at radius 1 is 0.769 bits per heavy atom. The second kappa shape index (κ2) is 8.07. The molecule has 0 radical (unpaired) electrons. The number of carbonyl (C=O) groups excluding carboxylic acids is 2. The van der Waals surface area contributed by atoms with Crippen molar-refractivity contribution in [2.75, 3.05) is 5.32 Å². The molecule has 5 heteroatoms. The van der Waals surface area contributed by atoms with E-state index in [1.165, 1.54) is 18.2 Å². The van der Waals surface area contributed by atoms with Gasteiger partial charge in [0.15, 0.2) is 0 Å². The molecule has 0 aliphatic rings. The van der Waals surface area contributed by atoms with Gasteiger partial charge in [0.1, 0.15) is 5.82 Å². The number of para-hydroxylation sites is 1. The third-order valence-electron chi connectivity index (χ3n) is 3.80. The first-order valence-electron chi connectivity index (χ1n) is 8.11. The number of hydrogen-bond donors (Lipinski definition) is 2. The van der Waals surface area contributed by atoms with E-state index in [-0.39, 0.29) is 17.2 Å². The molecule has 3 aromatic carbocycles. The van der Waals surface area contributed by atoms with Crippen molar-refractivity contribution in [3.63, 3.8) is 0 Å². The zero-order valence-electron chi connectivity index (χ0n) is 13.9. The first kappa shape index (κ1) is 17.4. The Morgan fingerprint density at radius 3 is 2.15 bits per heavy atom. The summed E-state index contributed by atoms with van der Waals surface area (Å²) in [7, 11) is 0. The molecule has 0 aromatic heterocycles. The Bertz CT molecular complexity index is 926. The third kappa shape index (κ3) is 4.33. The van der Waals surface area contributed by atoms with Crippen molar-refractivity contribution in [2.45, 2.75) is 6.54 Å². The van der Waals surface area contributed by atoms with Gasteiger partial charge in [0, 0.05) is 17.7 Å². The van der Waals surface area contributed by atoms with Crippen LogP contribution in [0.5, 0.6) is 0 Å². The fourth-order valence-electron chi connectivity index (χ4n) is 2.44. The molecule has 0 heterocycles. The molecule has 130 valence electrons. The van der Waals surface area contributed by atoms with E-state index in [0.717, 1.165) is 5.56 Å². The van der Waals surface area contributed by atoms with E-state index in [0.29, 0.717) is 12.1 Å². The van der Waals surface area contributed by atoms with Crippen molar-refractivity contribution in [1.29, 1.82) is 0 Å². The minimum Gasteiger partial charge on any atom is -0.348 e. The van der Waals surface area contributed by atoms with Gasteiger partial charge >= 0.3 is 0 Å². The normalized spacial score (nSPS) is 10.2. The SMILES string of the molecule is O=C(NCc1ccccc1)c1cccc(C(=O)Nc2ccccc2F)c1. The highest BCUT2D eigenvalue weighted by atomic mass is 19.1. The summed E-state index contributed by atoms with van der Waals surface area (Å²) in [6, 6.07) is 21.8. The highest BCUT2D eigenvalue weighted by Gasteiger charge is 2.12. The molecule has 0 unspecified atom stereocenters. The quantitative estimate of drug-likeness (QED) is 0.732. The average Bonchev–Trinajstić information content (AvgIpc) is 2.69. The number of amides is 2. The zero-order chi connectivity index (χ0) is 18.4. The third-order valence-corrected chi connectivity index (χ3v) is 3.80. The van der Waals surface area contributed by atoms with Gasteiger partial charge in [0.2, 0.25) is 0 Å². The molecule has 2 amide bonds. The molecule has 0 atom stereocenters. The predicted molar refractivity (Wildman–Crippen MR) is 98.4 cm³/mol. The summed E-state index contributed by atoms with van der Waals surface area (Å²) in [4.78, 5) is 24.6. The maximum absolute atomic E-state index is 13.7. The van der Waals surface area contributed by atoms with E-state index in [9.17, 15) is 14.0 Å². The monoisotopic (exact) mass is 348 g/mol. The minimum atomic E-state index is -0.516. The van der Waals surface area contributed by atoms with Crippen LogP contribution in [0.4, 0.5) is 10.1 Å². The summed E-state index contributed by atoms with van der Waals surface area (Å²) in [6.07, 6.45) is 0. The lowest BCUT2D eigenvalue weighted by atomic mass is 10.1. The van der Waals surface area contributed by atoms with Crippen LogP contribution in [-0.4, -0.2) is 11.8 Å². The van der Waals surface area contributed by atoms with Crippen molar-refractivity contribution in [3.8, 4) is 0 Å². The molecule has 0 aliphatic carbocycles. The number of benzene rings is 3. The van der Waals surface area contributed by atoms with E-state index in [2.05, 4.69) is 10.6 Å². The Kier molecular flexibility index (Phi) is 5.39. The number of rotatable bonds is 5. The van der Waals surface area contributed by atoms with Crippen LogP contribution in [0, 0.1) is 5.82 Å². The number of halogens is 1.